The van der Waals surface area contributed by atoms with E-state index in [2.05, 4.69) is 4.98 Å². The maximum Gasteiger partial charge on any atom is 0.228 e. The van der Waals surface area contributed by atoms with E-state index in [0.29, 0.717) is 42.6 Å². The van der Waals surface area contributed by atoms with Gasteiger partial charge in [-0.1, -0.05) is 12.1 Å². The molecule has 35 heavy (non-hydrogen) atoms. The maximum absolute atomic E-state index is 13.3. The van der Waals surface area contributed by atoms with Crippen molar-refractivity contribution in [1.82, 2.24) is 9.88 Å². The summed E-state index contributed by atoms with van der Waals surface area (Å²) in [5, 5.41) is 0. The normalized spacial score (nSPS) is 18.8. The van der Waals surface area contributed by atoms with Gasteiger partial charge in [0.2, 0.25) is 17.6 Å². The maximum atomic E-state index is 13.3. The highest BCUT2D eigenvalue weighted by molar-refractivity contribution is 6.00. The molecule has 2 saturated heterocycles. The number of amides is 2. The lowest BCUT2D eigenvalue weighted by Gasteiger charge is -2.32. The van der Waals surface area contributed by atoms with Crippen molar-refractivity contribution in [1.29, 1.82) is 0 Å². The van der Waals surface area contributed by atoms with E-state index in [1.807, 2.05) is 29.2 Å². The number of para-hydroxylation sites is 2. The van der Waals surface area contributed by atoms with Crippen LogP contribution in [0.4, 0.5) is 5.69 Å². The van der Waals surface area contributed by atoms with Crippen LogP contribution in [0.15, 0.2) is 40.8 Å². The van der Waals surface area contributed by atoms with Crippen molar-refractivity contribution in [2.75, 3.05) is 45.9 Å². The summed E-state index contributed by atoms with van der Waals surface area (Å²) in [6, 6.07) is 11.2. The first kappa shape index (κ1) is 23.0. The van der Waals surface area contributed by atoms with Gasteiger partial charge in [-0.25, -0.2) is 4.98 Å². The first-order valence-electron chi connectivity index (χ1n) is 11.8. The summed E-state index contributed by atoms with van der Waals surface area (Å²) in [5.74, 6) is 1.84. The van der Waals surface area contributed by atoms with Crippen molar-refractivity contribution >= 4 is 28.6 Å². The average Bonchev–Trinajstić information content (AvgIpc) is 3.51. The molecule has 5 rings (SSSR count). The number of ether oxygens (including phenoxy) is 3. The van der Waals surface area contributed by atoms with Gasteiger partial charge in [0.1, 0.15) is 5.52 Å². The molecule has 3 aromatic rings. The van der Waals surface area contributed by atoms with Crippen LogP contribution in [0.1, 0.15) is 31.1 Å². The summed E-state index contributed by atoms with van der Waals surface area (Å²) in [5.41, 5.74) is 2.27. The number of fused-ring (bicyclic) bond motifs is 1. The van der Waals surface area contributed by atoms with E-state index >= 15 is 0 Å². The molecule has 0 radical (unpaired) electrons. The van der Waals surface area contributed by atoms with Crippen molar-refractivity contribution in [3.05, 3.63) is 42.3 Å². The lowest BCUT2D eigenvalue weighted by molar-refractivity contribution is -0.136. The molecule has 1 aromatic heterocycles. The molecular formula is C26H29N3O6. The Kier molecular flexibility index (Phi) is 6.23. The lowest BCUT2D eigenvalue weighted by atomic mass is 9.95. The minimum Gasteiger partial charge on any atom is -0.493 e. The molecule has 1 unspecified atom stereocenters. The average molecular weight is 480 g/mol. The Morgan fingerprint density at radius 1 is 1.03 bits per heavy atom. The van der Waals surface area contributed by atoms with E-state index in [1.165, 1.54) is 21.3 Å². The van der Waals surface area contributed by atoms with E-state index < -0.39 is 0 Å². The number of carbonyl (C=O) groups is 2. The number of piperidine rings is 1. The smallest absolute Gasteiger partial charge is 0.228 e. The predicted octanol–water partition coefficient (Wildman–Crippen LogP) is 3.61. The number of hydrogen-bond donors (Lipinski definition) is 0. The topological polar surface area (TPSA) is 94.3 Å². The molecule has 184 valence electrons. The van der Waals surface area contributed by atoms with Crippen molar-refractivity contribution in [2.45, 2.75) is 25.2 Å². The number of carbonyl (C=O) groups excluding carboxylic acids is 2. The third-order valence-corrected chi connectivity index (χ3v) is 6.90. The Morgan fingerprint density at radius 3 is 2.34 bits per heavy atom. The zero-order valence-corrected chi connectivity index (χ0v) is 20.2. The summed E-state index contributed by atoms with van der Waals surface area (Å²) in [7, 11) is 4.59. The highest BCUT2D eigenvalue weighted by Gasteiger charge is 2.39. The van der Waals surface area contributed by atoms with Gasteiger partial charge in [0.25, 0.3) is 0 Å². The number of aromatic nitrogens is 1. The van der Waals surface area contributed by atoms with Crippen LogP contribution in [0.25, 0.3) is 11.1 Å². The van der Waals surface area contributed by atoms with Crippen molar-refractivity contribution in [2.24, 2.45) is 5.92 Å². The molecule has 0 spiro atoms. The minimum absolute atomic E-state index is 0.0179. The van der Waals surface area contributed by atoms with Crippen LogP contribution in [-0.4, -0.2) is 62.7 Å². The number of benzene rings is 2. The number of hydrogen-bond acceptors (Lipinski definition) is 7. The second-order valence-electron chi connectivity index (χ2n) is 8.91. The summed E-state index contributed by atoms with van der Waals surface area (Å²) in [6.45, 7) is 1.57. The Bertz CT molecular complexity index is 1190. The van der Waals surface area contributed by atoms with Gasteiger partial charge < -0.3 is 28.4 Å². The van der Waals surface area contributed by atoms with Crippen LogP contribution in [0.2, 0.25) is 0 Å². The number of methoxy groups -OCH3 is 3. The number of likely N-dealkylation sites (tertiary alicyclic amines) is 1. The molecule has 2 aliphatic rings. The van der Waals surface area contributed by atoms with Crippen LogP contribution in [0.5, 0.6) is 17.2 Å². The SMILES string of the molecule is COc1cc(N2CC(C(=O)N3CCC(c4nc5ccccc5o4)CC3)CC2=O)cc(OC)c1OC. The van der Waals surface area contributed by atoms with E-state index in [1.54, 1.807) is 17.0 Å². The summed E-state index contributed by atoms with van der Waals surface area (Å²) >= 11 is 0. The quantitative estimate of drug-likeness (QED) is 0.533. The largest absolute Gasteiger partial charge is 0.493 e. The summed E-state index contributed by atoms with van der Waals surface area (Å²) in [4.78, 5) is 34.3. The lowest BCUT2D eigenvalue weighted by Crippen LogP contribution is -2.42. The first-order valence-corrected chi connectivity index (χ1v) is 11.8. The molecule has 9 nitrogen and oxygen atoms in total. The van der Waals surface area contributed by atoms with Crippen molar-refractivity contribution in [3.8, 4) is 17.2 Å². The predicted molar refractivity (Wildman–Crippen MR) is 129 cm³/mol. The zero-order valence-electron chi connectivity index (χ0n) is 20.2. The van der Waals surface area contributed by atoms with Crippen LogP contribution in [-0.2, 0) is 9.59 Å². The monoisotopic (exact) mass is 479 g/mol. The Labute approximate surface area is 203 Å². The fourth-order valence-electron chi connectivity index (χ4n) is 5.02. The number of anilines is 1. The molecular weight excluding hydrogens is 450 g/mol. The molecule has 2 fully saturated rings. The molecule has 0 aliphatic carbocycles. The molecule has 1 atom stereocenters. The standard InChI is InChI=1S/C26H29N3O6/c1-32-21-13-18(14-22(33-2)24(21)34-3)29-15-17(12-23(29)30)26(31)28-10-8-16(9-11-28)25-27-19-6-4-5-7-20(19)35-25/h4-7,13-14,16-17H,8-12,15H2,1-3H3. The highest BCUT2D eigenvalue weighted by atomic mass is 16.5. The molecule has 2 amide bonds. The fourth-order valence-corrected chi connectivity index (χ4v) is 5.02. The van der Waals surface area contributed by atoms with Gasteiger partial charge in [-0.3, -0.25) is 9.59 Å². The molecule has 9 heteroatoms. The molecule has 2 aromatic carbocycles. The van der Waals surface area contributed by atoms with Crippen LogP contribution in [0.3, 0.4) is 0 Å². The van der Waals surface area contributed by atoms with E-state index in [-0.39, 0.29) is 30.1 Å². The second kappa shape index (κ2) is 9.48. The molecule has 0 bridgehead atoms. The number of rotatable bonds is 6. The minimum atomic E-state index is -0.387. The van der Waals surface area contributed by atoms with Gasteiger partial charge in [0.15, 0.2) is 23.0 Å². The summed E-state index contributed by atoms with van der Waals surface area (Å²) < 4.78 is 22.1. The Morgan fingerprint density at radius 2 is 1.71 bits per heavy atom. The van der Waals surface area contributed by atoms with Crippen LogP contribution in [0, 0.1) is 5.92 Å². The van der Waals surface area contributed by atoms with E-state index in [4.69, 9.17) is 18.6 Å². The van der Waals surface area contributed by atoms with Gasteiger partial charge in [0.05, 0.1) is 32.9 Å². The highest BCUT2D eigenvalue weighted by Crippen LogP contribution is 2.42. The third-order valence-electron chi connectivity index (χ3n) is 6.90. The Balaban J connectivity index is 1.25. The molecule has 0 N–H and O–H groups in total. The number of nitrogens with zero attached hydrogens (tertiary/aromatic N) is 3. The zero-order chi connectivity index (χ0) is 24.5. The van der Waals surface area contributed by atoms with Crippen LogP contribution >= 0.6 is 0 Å². The first-order chi connectivity index (χ1) is 17.0. The van der Waals surface area contributed by atoms with Gasteiger partial charge >= 0.3 is 0 Å². The van der Waals surface area contributed by atoms with Gasteiger partial charge in [0, 0.05) is 44.1 Å². The molecule has 0 saturated carbocycles. The number of oxazole rings is 1. The van der Waals surface area contributed by atoms with Gasteiger partial charge in [-0.2, -0.15) is 0 Å². The van der Waals surface area contributed by atoms with Gasteiger partial charge in [-0.05, 0) is 25.0 Å². The second-order valence-corrected chi connectivity index (χ2v) is 8.91. The van der Waals surface area contributed by atoms with Crippen molar-refractivity contribution in [3.63, 3.8) is 0 Å². The third kappa shape index (κ3) is 4.26. The van der Waals surface area contributed by atoms with E-state index in [0.717, 1.165) is 29.8 Å². The molecule has 3 heterocycles. The van der Waals surface area contributed by atoms with Gasteiger partial charge in [-0.15, -0.1) is 0 Å². The summed E-state index contributed by atoms with van der Waals surface area (Å²) in [6.07, 6.45) is 1.76. The Hall–Kier alpha value is -3.75. The molecule has 2 aliphatic heterocycles. The van der Waals surface area contributed by atoms with Crippen molar-refractivity contribution < 1.29 is 28.2 Å². The fraction of sp³-hybridized carbons (Fsp3) is 0.423. The van der Waals surface area contributed by atoms with E-state index in [9.17, 15) is 9.59 Å². The van der Waals surface area contributed by atoms with Crippen LogP contribution < -0.4 is 19.1 Å².